The van der Waals surface area contributed by atoms with E-state index < -0.39 is 11.7 Å². The fourth-order valence-electron chi connectivity index (χ4n) is 1.75. The quantitative estimate of drug-likeness (QED) is 0.861. The van der Waals surface area contributed by atoms with E-state index in [1.165, 1.54) is 12.1 Å². The molecule has 100 valence electrons. The predicted molar refractivity (Wildman–Crippen MR) is 66.4 cm³/mol. The molecule has 2 rings (SSSR count). The van der Waals surface area contributed by atoms with Crippen molar-refractivity contribution in [3.63, 3.8) is 0 Å². The lowest BCUT2D eigenvalue weighted by Crippen LogP contribution is -2.05. The van der Waals surface area contributed by atoms with Crippen molar-refractivity contribution in [1.29, 1.82) is 0 Å². The van der Waals surface area contributed by atoms with Gasteiger partial charge in [-0.25, -0.2) is 9.97 Å². The minimum Gasteiger partial charge on any atom is -0.383 e. The molecule has 1 aromatic heterocycles. The second-order valence-corrected chi connectivity index (χ2v) is 4.20. The summed E-state index contributed by atoms with van der Waals surface area (Å²) in [5.41, 5.74) is 6.84. The van der Waals surface area contributed by atoms with Crippen LogP contribution >= 0.6 is 0 Å². The fraction of sp³-hybridized carbons (Fsp3) is 0.231. The third-order valence-corrected chi connectivity index (χ3v) is 2.78. The van der Waals surface area contributed by atoms with Crippen LogP contribution < -0.4 is 5.73 Å². The zero-order valence-corrected chi connectivity index (χ0v) is 10.4. The topological polar surface area (TPSA) is 51.8 Å². The van der Waals surface area contributed by atoms with E-state index in [-0.39, 0.29) is 0 Å². The Morgan fingerprint density at radius 1 is 1.00 bits per heavy atom. The lowest BCUT2D eigenvalue weighted by atomic mass is 10.0. The van der Waals surface area contributed by atoms with Gasteiger partial charge in [-0.2, -0.15) is 13.2 Å². The first-order valence-corrected chi connectivity index (χ1v) is 5.57. The van der Waals surface area contributed by atoms with Crippen molar-refractivity contribution in [1.82, 2.24) is 9.97 Å². The Balaban J connectivity index is 2.49. The molecule has 0 amide bonds. The van der Waals surface area contributed by atoms with Crippen molar-refractivity contribution >= 4 is 5.82 Å². The van der Waals surface area contributed by atoms with Crippen LogP contribution in [0.3, 0.4) is 0 Å². The summed E-state index contributed by atoms with van der Waals surface area (Å²) < 4.78 is 37.5. The van der Waals surface area contributed by atoms with E-state index in [0.29, 0.717) is 28.5 Å². The number of benzene rings is 1. The standard InChI is InChI=1S/C13H12F3N3/c1-7-11(18-8(2)19-12(7)17)9-3-5-10(6-4-9)13(14,15)16/h3-6H,1-2H3,(H2,17,18,19). The molecule has 6 heteroatoms. The van der Waals surface area contributed by atoms with Crippen LogP contribution in [0.15, 0.2) is 24.3 Å². The number of alkyl halides is 3. The van der Waals surface area contributed by atoms with Crippen LogP contribution in [0, 0.1) is 13.8 Å². The summed E-state index contributed by atoms with van der Waals surface area (Å²) >= 11 is 0. The predicted octanol–water partition coefficient (Wildman–Crippen LogP) is 3.36. The van der Waals surface area contributed by atoms with E-state index in [2.05, 4.69) is 9.97 Å². The monoisotopic (exact) mass is 267 g/mol. The number of hydrogen-bond donors (Lipinski definition) is 1. The van der Waals surface area contributed by atoms with Gasteiger partial charge in [0.15, 0.2) is 0 Å². The Bertz CT molecular complexity index is 604. The summed E-state index contributed by atoms with van der Waals surface area (Å²) in [4.78, 5) is 8.23. The van der Waals surface area contributed by atoms with Gasteiger partial charge in [0.25, 0.3) is 0 Å². The number of aryl methyl sites for hydroxylation is 1. The molecule has 0 fully saturated rings. The van der Waals surface area contributed by atoms with E-state index >= 15 is 0 Å². The van der Waals surface area contributed by atoms with E-state index in [9.17, 15) is 13.2 Å². The van der Waals surface area contributed by atoms with Crippen molar-refractivity contribution < 1.29 is 13.2 Å². The minimum atomic E-state index is -4.34. The molecular weight excluding hydrogens is 255 g/mol. The van der Waals surface area contributed by atoms with Gasteiger partial charge in [-0.3, -0.25) is 0 Å². The average molecular weight is 267 g/mol. The smallest absolute Gasteiger partial charge is 0.383 e. The van der Waals surface area contributed by atoms with Gasteiger partial charge in [0.1, 0.15) is 11.6 Å². The highest BCUT2D eigenvalue weighted by Crippen LogP contribution is 2.31. The highest BCUT2D eigenvalue weighted by atomic mass is 19.4. The molecule has 0 spiro atoms. The van der Waals surface area contributed by atoms with Crippen LogP contribution in [-0.4, -0.2) is 9.97 Å². The third kappa shape index (κ3) is 2.67. The molecule has 0 saturated heterocycles. The number of rotatable bonds is 1. The molecule has 1 aromatic carbocycles. The maximum Gasteiger partial charge on any atom is 0.416 e. The van der Waals surface area contributed by atoms with Crippen molar-refractivity contribution in [3.8, 4) is 11.3 Å². The number of hydrogen-bond acceptors (Lipinski definition) is 3. The number of halogens is 3. The van der Waals surface area contributed by atoms with Crippen molar-refractivity contribution in [3.05, 3.63) is 41.2 Å². The van der Waals surface area contributed by atoms with Crippen molar-refractivity contribution in [2.75, 3.05) is 5.73 Å². The van der Waals surface area contributed by atoms with Gasteiger partial charge in [-0.1, -0.05) is 12.1 Å². The van der Waals surface area contributed by atoms with Crippen LogP contribution in [0.1, 0.15) is 17.0 Å². The van der Waals surface area contributed by atoms with Gasteiger partial charge in [0, 0.05) is 11.1 Å². The molecular formula is C13H12F3N3. The summed E-state index contributed by atoms with van der Waals surface area (Å²) in [6.07, 6.45) is -4.34. The summed E-state index contributed by atoms with van der Waals surface area (Å²) in [5, 5.41) is 0. The molecule has 0 radical (unpaired) electrons. The van der Waals surface area contributed by atoms with Crippen LogP contribution in [0.4, 0.5) is 19.0 Å². The highest BCUT2D eigenvalue weighted by Gasteiger charge is 2.30. The fourth-order valence-corrected chi connectivity index (χ4v) is 1.75. The zero-order valence-electron chi connectivity index (χ0n) is 10.4. The summed E-state index contributed by atoms with van der Waals surface area (Å²) in [5.74, 6) is 0.820. The van der Waals surface area contributed by atoms with E-state index in [4.69, 9.17) is 5.73 Å². The molecule has 0 aliphatic carbocycles. The average Bonchev–Trinajstić information content (AvgIpc) is 2.33. The number of nitrogen functional groups attached to an aromatic ring is 1. The second kappa shape index (κ2) is 4.53. The number of anilines is 1. The van der Waals surface area contributed by atoms with Crippen molar-refractivity contribution in [2.24, 2.45) is 0 Å². The Kier molecular flexibility index (Phi) is 3.18. The van der Waals surface area contributed by atoms with Gasteiger partial charge in [0.2, 0.25) is 0 Å². The van der Waals surface area contributed by atoms with Crippen LogP contribution in [-0.2, 0) is 6.18 Å². The molecule has 1 heterocycles. The van der Waals surface area contributed by atoms with Crippen molar-refractivity contribution in [2.45, 2.75) is 20.0 Å². The number of aromatic nitrogens is 2. The normalized spacial score (nSPS) is 11.6. The Morgan fingerprint density at radius 3 is 2.11 bits per heavy atom. The highest BCUT2D eigenvalue weighted by molar-refractivity contribution is 5.67. The molecule has 0 unspecified atom stereocenters. The molecule has 2 aromatic rings. The molecule has 0 bridgehead atoms. The maximum atomic E-state index is 12.5. The summed E-state index contributed by atoms with van der Waals surface area (Å²) in [6.45, 7) is 3.42. The van der Waals surface area contributed by atoms with Crippen LogP contribution in [0.2, 0.25) is 0 Å². The van der Waals surface area contributed by atoms with Gasteiger partial charge < -0.3 is 5.73 Å². The Hall–Kier alpha value is -2.11. The van der Waals surface area contributed by atoms with Crippen LogP contribution in [0.5, 0.6) is 0 Å². The lowest BCUT2D eigenvalue weighted by Gasteiger charge is -2.10. The van der Waals surface area contributed by atoms with Crippen LogP contribution in [0.25, 0.3) is 11.3 Å². The molecule has 2 N–H and O–H groups in total. The van der Waals surface area contributed by atoms with E-state index in [1.54, 1.807) is 13.8 Å². The number of nitrogens with zero attached hydrogens (tertiary/aromatic N) is 2. The SMILES string of the molecule is Cc1nc(N)c(C)c(-c2ccc(C(F)(F)F)cc2)n1. The molecule has 0 aliphatic rings. The largest absolute Gasteiger partial charge is 0.416 e. The molecule has 0 aliphatic heterocycles. The first-order chi connectivity index (χ1) is 8.79. The van der Waals surface area contributed by atoms with Gasteiger partial charge >= 0.3 is 6.18 Å². The molecule has 0 atom stereocenters. The minimum absolute atomic E-state index is 0.336. The molecule has 3 nitrogen and oxygen atoms in total. The zero-order chi connectivity index (χ0) is 14.2. The van der Waals surface area contributed by atoms with Gasteiger partial charge in [-0.05, 0) is 26.0 Å². The summed E-state index contributed by atoms with van der Waals surface area (Å²) in [6, 6.07) is 4.83. The second-order valence-electron chi connectivity index (χ2n) is 4.20. The summed E-state index contributed by atoms with van der Waals surface area (Å²) in [7, 11) is 0. The Labute approximate surface area is 108 Å². The first kappa shape index (κ1) is 13.3. The molecule has 19 heavy (non-hydrogen) atoms. The maximum absolute atomic E-state index is 12.5. The first-order valence-electron chi connectivity index (χ1n) is 5.57. The van der Waals surface area contributed by atoms with Gasteiger partial charge in [0.05, 0.1) is 11.3 Å². The number of nitrogens with two attached hydrogens (primary N) is 1. The van der Waals surface area contributed by atoms with E-state index in [1.807, 2.05) is 0 Å². The van der Waals surface area contributed by atoms with Gasteiger partial charge in [-0.15, -0.1) is 0 Å². The Morgan fingerprint density at radius 2 is 1.58 bits per heavy atom. The third-order valence-electron chi connectivity index (χ3n) is 2.78. The molecule has 0 saturated carbocycles. The lowest BCUT2D eigenvalue weighted by molar-refractivity contribution is -0.137. The van der Waals surface area contributed by atoms with E-state index in [0.717, 1.165) is 12.1 Å².